The van der Waals surface area contributed by atoms with Gasteiger partial charge in [-0.3, -0.25) is 4.79 Å². The second kappa shape index (κ2) is 6.82. The van der Waals surface area contributed by atoms with Crippen molar-refractivity contribution in [3.05, 3.63) is 34.4 Å². The van der Waals surface area contributed by atoms with Gasteiger partial charge in [0.05, 0.1) is 13.1 Å². The molecule has 0 spiro atoms. The molecule has 0 saturated carbocycles. The van der Waals surface area contributed by atoms with E-state index in [1.807, 2.05) is 19.1 Å². The summed E-state index contributed by atoms with van der Waals surface area (Å²) in [7, 11) is 0. The lowest BCUT2D eigenvalue weighted by Crippen LogP contribution is -2.41. The third-order valence-corrected chi connectivity index (χ3v) is 2.71. The first-order valence-corrected chi connectivity index (χ1v) is 5.71. The first-order valence-electron chi connectivity index (χ1n) is 5.71. The molecule has 0 radical (unpaired) electrons. The molecular weight excluding hydrogens is 274 g/mol. The minimum atomic E-state index is -3.07. The van der Waals surface area contributed by atoms with Crippen LogP contribution in [-0.4, -0.2) is 24.9 Å². The summed E-state index contributed by atoms with van der Waals surface area (Å²) >= 11 is 0. The van der Waals surface area contributed by atoms with Crippen molar-refractivity contribution in [2.24, 2.45) is 5.73 Å². The summed E-state index contributed by atoms with van der Waals surface area (Å²) in [6.07, 6.45) is 0. The second-order valence-electron chi connectivity index (χ2n) is 4.52. The fourth-order valence-electron chi connectivity index (χ4n) is 1.91. The number of hydrogen-bond donors (Lipinski definition) is 2. The molecule has 0 aromatic heterocycles. The van der Waals surface area contributed by atoms with E-state index in [4.69, 9.17) is 5.73 Å². The second-order valence-corrected chi connectivity index (χ2v) is 4.52. The molecule has 3 nitrogen and oxygen atoms in total. The highest BCUT2D eigenvalue weighted by molar-refractivity contribution is 5.97. The molecule has 0 unspecified atom stereocenters. The fourth-order valence-corrected chi connectivity index (χ4v) is 1.91. The van der Waals surface area contributed by atoms with E-state index in [2.05, 4.69) is 5.32 Å². The highest BCUT2D eigenvalue weighted by atomic mass is 35.5. The molecule has 1 aromatic carbocycles. The number of aryl methyl sites for hydroxylation is 3. The predicted octanol–water partition coefficient (Wildman–Crippen LogP) is 2.36. The Morgan fingerprint density at radius 1 is 1.26 bits per heavy atom. The standard InChI is InChI=1S/C13H18F2N2O.ClH/c1-8-4-9(2)11(10(3)5-8)12(18)17-7-13(14,15)6-16;/h4-5H,6-7,16H2,1-3H3,(H,17,18);1H. The molecule has 1 rings (SSSR count). The van der Waals surface area contributed by atoms with Gasteiger partial charge in [-0.05, 0) is 31.9 Å². The number of rotatable bonds is 4. The van der Waals surface area contributed by atoms with Crippen LogP contribution in [0.5, 0.6) is 0 Å². The zero-order chi connectivity index (χ0) is 13.9. The van der Waals surface area contributed by atoms with Crippen LogP contribution in [0.3, 0.4) is 0 Å². The lowest BCUT2D eigenvalue weighted by atomic mass is 9.99. The number of benzene rings is 1. The summed E-state index contributed by atoms with van der Waals surface area (Å²) in [5.74, 6) is -3.56. The van der Waals surface area contributed by atoms with E-state index in [9.17, 15) is 13.6 Å². The molecular formula is C13H19ClF2N2O. The predicted molar refractivity (Wildman–Crippen MR) is 74.2 cm³/mol. The van der Waals surface area contributed by atoms with Crippen molar-refractivity contribution in [2.45, 2.75) is 26.7 Å². The van der Waals surface area contributed by atoms with Crippen LogP contribution in [0, 0.1) is 20.8 Å². The Hall–Kier alpha value is -1.20. The summed E-state index contributed by atoms with van der Waals surface area (Å²) < 4.78 is 25.9. The number of nitrogens with one attached hydrogen (secondary N) is 1. The summed E-state index contributed by atoms with van der Waals surface area (Å²) in [4.78, 5) is 11.9. The number of amides is 1. The van der Waals surface area contributed by atoms with Crippen LogP contribution in [0.25, 0.3) is 0 Å². The Balaban J connectivity index is 0.00000324. The van der Waals surface area contributed by atoms with Gasteiger partial charge in [-0.2, -0.15) is 0 Å². The smallest absolute Gasteiger partial charge is 0.277 e. The Kier molecular flexibility index (Phi) is 6.39. The van der Waals surface area contributed by atoms with Crippen molar-refractivity contribution in [3.8, 4) is 0 Å². The molecule has 0 aliphatic heterocycles. The van der Waals surface area contributed by atoms with E-state index in [0.717, 1.165) is 16.7 Å². The summed E-state index contributed by atoms with van der Waals surface area (Å²) in [5, 5.41) is 2.22. The van der Waals surface area contributed by atoms with Gasteiger partial charge in [0.1, 0.15) is 0 Å². The molecule has 108 valence electrons. The van der Waals surface area contributed by atoms with Crippen LogP contribution in [0.15, 0.2) is 12.1 Å². The van der Waals surface area contributed by atoms with Gasteiger partial charge in [0.2, 0.25) is 0 Å². The first-order chi connectivity index (χ1) is 8.26. The van der Waals surface area contributed by atoms with Gasteiger partial charge in [0, 0.05) is 5.56 Å². The van der Waals surface area contributed by atoms with E-state index < -0.39 is 24.9 Å². The molecule has 0 saturated heterocycles. The number of carbonyl (C=O) groups is 1. The largest absolute Gasteiger partial charge is 0.346 e. The van der Waals surface area contributed by atoms with Crippen LogP contribution < -0.4 is 11.1 Å². The SMILES string of the molecule is Cc1cc(C)c(C(=O)NCC(F)(F)CN)c(C)c1.Cl. The Labute approximate surface area is 118 Å². The molecule has 3 N–H and O–H groups in total. The normalized spacial score (nSPS) is 10.8. The van der Waals surface area contributed by atoms with E-state index in [-0.39, 0.29) is 12.4 Å². The van der Waals surface area contributed by atoms with Crippen molar-refractivity contribution < 1.29 is 13.6 Å². The summed E-state index contributed by atoms with van der Waals surface area (Å²) in [6.45, 7) is 3.98. The quantitative estimate of drug-likeness (QED) is 0.895. The first kappa shape index (κ1) is 17.8. The maximum Gasteiger partial charge on any atom is 0.277 e. The van der Waals surface area contributed by atoms with Crippen molar-refractivity contribution in [3.63, 3.8) is 0 Å². The maximum atomic E-state index is 13.0. The minimum Gasteiger partial charge on any atom is -0.346 e. The molecule has 0 bridgehead atoms. The number of nitrogens with two attached hydrogens (primary N) is 1. The molecule has 0 aliphatic rings. The van der Waals surface area contributed by atoms with Crippen LogP contribution in [0.4, 0.5) is 8.78 Å². The zero-order valence-electron chi connectivity index (χ0n) is 11.2. The van der Waals surface area contributed by atoms with Crippen LogP contribution in [0.1, 0.15) is 27.0 Å². The molecule has 0 aliphatic carbocycles. The number of alkyl halides is 2. The molecule has 0 fully saturated rings. The van der Waals surface area contributed by atoms with E-state index in [1.165, 1.54) is 0 Å². The Morgan fingerprint density at radius 2 is 1.74 bits per heavy atom. The molecule has 0 atom stereocenters. The average Bonchev–Trinajstić information content (AvgIpc) is 2.25. The third-order valence-electron chi connectivity index (χ3n) is 2.71. The van der Waals surface area contributed by atoms with Gasteiger partial charge in [0.15, 0.2) is 0 Å². The van der Waals surface area contributed by atoms with Crippen LogP contribution in [-0.2, 0) is 0 Å². The molecule has 1 amide bonds. The van der Waals surface area contributed by atoms with Crippen molar-refractivity contribution >= 4 is 18.3 Å². The Bertz CT molecular complexity index is 441. The van der Waals surface area contributed by atoms with Gasteiger partial charge in [0.25, 0.3) is 11.8 Å². The molecule has 1 aromatic rings. The van der Waals surface area contributed by atoms with Gasteiger partial charge in [-0.25, -0.2) is 8.78 Å². The van der Waals surface area contributed by atoms with Crippen LogP contribution in [0.2, 0.25) is 0 Å². The van der Waals surface area contributed by atoms with E-state index >= 15 is 0 Å². The molecule has 6 heteroatoms. The maximum absolute atomic E-state index is 13.0. The summed E-state index contributed by atoms with van der Waals surface area (Å²) in [5.41, 5.74) is 7.96. The lowest BCUT2D eigenvalue weighted by molar-refractivity contribution is 0.0118. The van der Waals surface area contributed by atoms with E-state index in [0.29, 0.717) is 5.56 Å². The summed E-state index contributed by atoms with van der Waals surface area (Å²) in [6, 6.07) is 3.70. The lowest BCUT2D eigenvalue weighted by Gasteiger charge is -2.16. The highest BCUT2D eigenvalue weighted by Crippen LogP contribution is 2.17. The fraction of sp³-hybridized carbons (Fsp3) is 0.462. The van der Waals surface area contributed by atoms with Gasteiger partial charge in [-0.15, -0.1) is 12.4 Å². The van der Waals surface area contributed by atoms with Gasteiger partial charge in [-0.1, -0.05) is 17.7 Å². The van der Waals surface area contributed by atoms with Crippen LogP contribution >= 0.6 is 12.4 Å². The Morgan fingerprint density at radius 3 is 2.16 bits per heavy atom. The monoisotopic (exact) mass is 292 g/mol. The van der Waals surface area contributed by atoms with Gasteiger partial charge < -0.3 is 11.1 Å². The van der Waals surface area contributed by atoms with Crippen molar-refractivity contribution in [2.75, 3.05) is 13.1 Å². The van der Waals surface area contributed by atoms with Crippen molar-refractivity contribution in [1.82, 2.24) is 5.32 Å². The highest BCUT2D eigenvalue weighted by Gasteiger charge is 2.27. The van der Waals surface area contributed by atoms with E-state index in [1.54, 1.807) is 13.8 Å². The topological polar surface area (TPSA) is 55.1 Å². The number of halogens is 3. The molecule has 19 heavy (non-hydrogen) atoms. The van der Waals surface area contributed by atoms with Gasteiger partial charge >= 0.3 is 0 Å². The number of hydrogen-bond acceptors (Lipinski definition) is 2. The average molecular weight is 293 g/mol. The zero-order valence-corrected chi connectivity index (χ0v) is 12.0. The molecule has 0 heterocycles. The number of carbonyl (C=O) groups excluding carboxylic acids is 1. The third kappa shape index (κ3) is 4.76. The van der Waals surface area contributed by atoms with Crippen molar-refractivity contribution in [1.29, 1.82) is 0 Å². The minimum absolute atomic E-state index is 0.